The first-order valence-corrected chi connectivity index (χ1v) is 5.54. The summed E-state index contributed by atoms with van der Waals surface area (Å²) in [7, 11) is 2.13. The lowest BCUT2D eigenvalue weighted by Crippen LogP contribution is -2.48. The first-order chi connectivity index (χ1) is 7.09. The van der Waals surface area contributed by atoms with Gasteiger partial charge in [0.15, 0.2) is 0 Å². The van der Waals surface area contributed by atoms with Crippen molar-refractivity contribution in [3.05, 3.63) is 0 Å². The molecule has 0 spiro atoms. The van der Waals surface area contributed by atoms with Crippen molar-refractivity contribution >= 4 is 5.91 Å². The highest BCUT2D eigenvalue weighted by atomic mass is 16.2. The highest BCUT2D eigenvalue weighted by Gasteiger charge is 2.13. The van der Waals surface area contributed by atoms with E-state index in [4.69, 9.17) is 5.73 Å². The summed E-state index contributed by atoms with van der Waals surface area (Å²) < 4.78 is 0. The van der Waals surface area contributed by atoms with Gasteiger partial charge in [0.1, 0.15) is 0 Å². The maximum atomic E-state index is 11.2. The topological polar surface area (TPSA) is 61.6 Å². The quantitative estimate of drug-likeness (QED) is 0.610. The lowest BCUT2D eigenvalue weighted by Gasteiger charge is -2.32. The summed E-state index contributed by atoms with van der Waals surface area (Å²) in [4.78, 5) is 15.9. The van der Waals surface area contributed by atoms with Gasteiger partial charge >= 0.3 is 0 Å². The van der Waals surface area contributed by atoms with Crippen LogP contribution in [0.25, 0.3) is 0 Å². The summed E-state index contributed by atoms with van der Waals surface area (Å²) in [6.45, 7) is 7.72. The fourth-order valence-electron chi connectivity index (χ4n) is 1.57. The van der Waals surface area contributed by atoms with E-state index >= 15 is 0 Å². The fraction of sp³-hybridized carbons (Fsp3) is 0.900. The molecule has 0 saturated carbocycles. The summed E-state index contributed by atoms with van der Waals surface area (Å²) >= 11 is 0. The van der Waals surface area contributed by atoms with Crippen LogP contribution in [-0.2, 0) is 4.79 Å². The van der Waals surface area contributed by atoms with Crippen LogP contribution in [0, 0.1) is 0 Å². The average Bonchev–Trinajstić information content (AvgIpc) is 2.20. The Bertz CT molecular complexity index is 200. The third-order valence-electron chi connectivity index (χ3n) is 2.74. The van der Waals surface area contributed by atoms with E-state index < -0.39 is 6.04 Å². The first kappa shape index (κ1) is 12.4. The number of hydrogen-bond acceptors (Lipinski definition) is 4. The van der Waals surface area contributed by atoms with E-state index in [1.54, 1.807) is 6.92 Å². The molecule has 1 fully saturated rings. The molecule has 1 heterocycles. The highest BCUT2D eigenvalue weighted by molar-refractivity contribution is 5.80. The number of hydrogen-bond donors (Lipinski definition) is 2. The number of amides is 1. The predicted octanol–water partition coefficient (Wildman–Crippen LogP) is -1.30. The Morgan fingerprint density at radius 3 is 2.53 bits per heavy atom. The van der Waals surface area contributed by atoms with Crippen LogP contribution in [0.3, 0.4) is 0 Å². The molecule has 15 heavy (non-hydrogen) atoms. The zero-order valence-corrected chi connectivity index (χ0v) is 9.70. The van der Waals surface area contributed by atoms with E-state index in [9.17, 15) is 4.79 Å². The van der Waals surface area contributed by atoms with Crippen molar-refractivity contribution in [3.8, 4) is 0 Å². The van der Waals surface area contributed by atoms with Crippen molar-refractivity contribution < 1.29 is 4.79 Å². The number of nitrogens with zero attached hydrogens (tertiary/aromatic N) is 2. The van der Waals surface area contributed by atoms with Gasteiger partial charge in [-0.1, -0.05) is 0 Å². The zero-order valence-electron chi connectivity index (χ0n) is 9.70. The molecule has 0 bridgehead atoms. The minimum atomic E-state index is -0.405. The van der Waals surface area contributed by atoms with Crippen LogP contribution < -0.4 is 11.1 Å². The lowest BCUT2D eigenvalue weighted by molar-refractivity contribution is -0.122. The molecule has 1 aliphatic heterocycles. The van der Waals surface area contributed by atoms with E-state index in [0.29, 0.717) is 6.54 Å². The second-order valence-corrected chi connectivity index (χ2v) is 4.22. The van der Waals surface area contributed by atoms with E-state index in [2.05, 4.69) is 22.2 Å². The molecule has 0 radical (unpaired) electrons. The van der Waals surface area contributed by atoms with Gasteiger partial charge in [-0.05, 0) is 14.0 Å². The summed E-state index contributed by atoms with van der Waals surface area (Å²) in [6, 6.07) is -0.405. The van der Waals surface area contributed by atoms with Gasteiger partial charge in [-0.2, -0.15) is 0 Å². The number of carbonyl (C=O) groups is 1. The van der Waals surface area contributed by atoms with Crippen molar-refractivity contribution in [1.29, 1.82) is 0 Å². The van der Waals surface area contributed by atoms with Crippen molar-refractivity contribution in [3.63, 3.8) is 0 Å². The Morgan fingerprint density at radius 1 is 1.40 bits per heavy atom. The maximum absolute atomic E-state index is 11.2. The Kier molecular flexibility index (Phi) is 5.01. The zero-order chi connectivity index (χ0) is 11.3. The van der Waals surface area contributed by atoms with Crippen molar-refractivity contribution in [2.75, 3.05) is 46.3 Å². The van der Waals surface area contributed by atoms with Crippen LogP contribution in [0.5, 0.6) is 0 Å². The third kappa shape index (κ3) is 4.59. The molecule has 1 aliphatic rings. The van der Waals surface area contributed by atoms with Crippen molar-refractivity contribution in [1.82, 2.24) is 15.1 Å². The Labute approximate surface area is 91.6 Å². The standard InChI is InChI=1S/C10H22N4O/c1-9(11)10(15)12-3-4-14-7-5-13(2)6-8-14/h9H,3-8,11H2,1-2H3,(H,12,15)/t9-/m1/s1. The lowest BCUT2D eigenvalue weighted by atomic mass is 10.3. The summed E-state index contributed by atoms with van der Waals surface area (Å²) in [6.07, 6.45) is 0. The predicted molar refractivity (Wildman–Crippen MR) is 60.6 cm³/mol. The van der Waals surface area contributed by atoms with E-state index in [-0.39, 0.29) is 5.91 Å². The first-order valence-electron chi connectivity index (χ1n) is 5.54. The molecule has 0 aromatic heterocycles. The van der Waals surface area contributed by atoms with Gasteiger partial charge in [0.05, 0.1) is 6.04 Å². The molecule has 1 rings (SSSR count). The summed E-state index contributed by atoms with van der Waals surface area (Å²) in [5.74, 6) is -0.0656. The molecule has 3 N–H and O–H groups in total. The number of carbonyl (C=O) groups excluding carboxylic acids is 1. The molecular formula is C10H22N4O. The van der Waals surface area contributed by atoms with Gasteiger partial charge in [0.25, 0.3) is 0 Å². The molecule has 5 heteroatoms. The normalized spacial score (nSPS) is 21.3. The van der Waals surface area contributed by atoms with Gasteiger partial charge in [0.2, 0.25) is 5.91 Å². The van der Waals surface area contributed by atoms with Crippen LogP contribution >= 0.6 is 0 Å². The smallest absolute Gasteiger partial charge is 0.236 e. The SMILES string of the molecule is C[C@@H](N)C(=O)NCCN1CCN(C)CC1. The van der Waals surface area contributed by atoms with Gasteiger partial charge in [0, 0.05) is 39.3 Å². The minimum Gasteiger partial charge on any atom is -0.353 e. The number of likely N-dealkylation sites (N-methyl/N-ethyl adjacent to an activating group) is 1. The summed E-state index contributed by atoms with van der Waals surface area (Å²) in [5, 5.41) is 2.82. The van der Waals surface area contributed by atoms with Crippen LogP contribution in [0.4, 0.5) is 0 Å². The Hall–Kier alpha value is -0.650. The molecule has 0 unspecified atom stereocenters. The largest absolute Gasteiger partial charge is 0.353 e. The molecule has 1 amide bonds. The molecule has 0 aromatic rings. The Balaban J connectivity index is 2.08. The van der Waals surface area contributed by atoms with E-state index in [0.717, 1.165) is 32.7 Å². The van der Waals surface area contributed by atoms with Gasteiger partial charge in [-0.25, -0.2) is 0 Å². The fourth-order valence-corrected chi connectivity index (χ4v) is 1.57. The molecule has 1 saturated heterocycles. The molecule has 5 nitrogen and oxygen atoms in total. The number of rotatable bonds is 4. The molecular weight excluding hydrogens is 192 g/mol. The molecule has 1 atom stereocenters. The average molecular weight is 214 g/mol. The second kappa shape index (κ2) is 6.05. The van der Waals surface area contributed by atoms with E-state index in [1.165, 1.54) is 0 Å². The third-order valence-corrected chi connectivity index (χ3v) is 2.74. The second-order valence-electron chi connectivity index (χ2n) is 4.22. The minimum absolute atomic E-state index is 0.0656. The van der Waals surface area contributed by atoms with E-state index in [1.807, 2.05) is 0 Å². The maximum Gasteiger partial charge on any atom is 0.236 e. The highest BCUT2D eigenvalue weighted by Crippen LogP contribution is 1.97. The van der Waals surface area contributed by atoms with Crippen LogP contribution in [0.1, 0.15) is 6.92 Å². The molecule has 0 aliphatic carbocycles. The van der Waals surface area contributed by atoms with Gasteiger partial charge < -0.3 is 16.0 Å². The summed E-state index contributed by atoms with van der Waals surface area (Å²) in [5.41, 5.74) is 5.44. The number of nitrogens with one attached hydrogen (secondary N) is 1. The van der Waals surface area contributed by atoms with Crippen molar-refractivity contribution in [2.24, 2.45) is 5.73 Å². The van der Waals surface area contributed by atoms with Crippen LogP contribution in [0.2, 0.25) is 0 Å². The van der Waals surface area contributed by atoms with Crippen molar-refractivity contribution in [2.45, 2.75) is 13.0 Å². The van der Waals surface area contributed by atoms with Gasteiger partial charge in [-0.3, -0.25) is 9.69 Å². The number of nitrogens with two attached hydrogens (primary N) is 1. The number of piperazine rings is 1. The molecule has 0 aromatic carbocycles. The van der Waals surface area contributed by atoms with Crippen LogP contribution in [-0.4, -0.2) is 68.1 Å². The van der Waals surface area contributed by atoms with Crippen LogP contribution in [0.15, 0.2) is 0 Å². The monoisotopic (exact) mass is 214 g/mol. The Morgan fingerprint density at radius 2 is 2.00 bits per heavy atom. The molecule has 88 valence electrons. The van der Waals surface area contributed by atoms with Gasteiger partial charge in [-0.15, -0.1) is 0 Å².